The fourth-order valence-electron chi connectivity index (χ4n) is 8.06. The molecule has 5 heteroatoms. The van der Waals surface area contributed by atoms with Gasteiger partial charge in [0.1, 0.15) is 11.2 Å². The highest BCUT2D eigenvalue weighted by Gasteiger charge is 2.14. The molecule has 5 nitrogen and oxygen atoms in total. The van der Waals surface area contributed by atoms with Crippen molar-refractivity contribution in [1.29, 1.82) is 0 Å². The van der Waals surface area contributed by atoms with Crippen LogP contribution in [0.4, 0.5) is 0 Å². The van der Waals surface area contributed by atoms with E-state index in [2.05, 4.69) is 167 Å². The minimum absolute atomic E-state index is 0.688. The summed E-state index contributed by atoms with van der Waals surface area (Å²) in [6, 6.07) is 62.0. The SMILES string of the molecule is c1cc(-c2cccc(-c3ccnc(-c4cccc(-c5cccc(-n6c7ccccc7c7ccccc76)c5)c4)n3)c2)cc(-c2ccc3oc4ccncc4c3c2)c1. The van der Waals surface area contributed by atoms with E-state index in [1.54, 1.807) is 6.20 Å². The largest absolute Gasteiger partial charge is 0.456 e. The van der Waals surface area contributed by atoms with Crippen LogP contribution in [0.1, 0.15) is 0 Å². The highest BCUT2D eigenvalue weighted by Crippen LogP contribution is 2.36. The molecule has 11 aromatic rings. The quantitative estimate of drug-likeness (QED) is 0.172. The molecule has 0 radical (unpaired) electrons. The van der Waals surface area contributed by atoms with Crippen LogP contribution < -0.4 is 0 Å². The van der Waals surface area contributed by atoms with Gasteiger partial charge < -0.3 is 8.98 Å². The third-order valence-electron chi connectivity index (χ3n) is 10.8. The molecule has 7 aromatic carbocycles. The van der Waals surface area contributed by atoms with E-state index in [0.29, 0.717) is 5.82 Å². The van der Waals surface area contributed by atoms with Crippen LogP contribution >= 0.6 is 0 Å². The molecule has 0 saturated heterocycles. The molecule has 56 heavy (non-hydrogen) atoms. The molecule has 0 unspecified atom stereocenters. The first-order valence-corrected chi connectivity index (χ1v) is 18.7. The molecule has 0 saturated carbocycles. The van der Waals surface area contributed by atoms with Gasteiger partial charge in [-0.25, -0.2) is 9.97 Å². The molecule has 0 aliphatic carbocycles. The Bertz CT molecular complexity index is 3230. The molecular weight excluding hydrogens is 685 g/mol. The van der Waals surface area contributed by atoms with E-state index in [9.17, 15) is 0 Å². The Morgan fingerprint density at radius 3 is 1.70 bits per heavy atom. The molecule has 0 atom stereocenters. The molecule has 0 fully saturated rings. The number of para-hydroxylation sites is 2. The number of rotatable bonds is 6. The van der Waals surface area contributed by atoms with E-state index < -0.39 is 0 Å². The predicted molar refractivity (Wildman–Crippen MR) is 229 cm³/mol. The van der Waals surface area contributed by atoms with Crippen molar-refractivity contribution in [2.75, 3.05) is 0 Å². The second-order valence-electron chi connectivity index (χ2n) is 14.1. The standard InChI is InChI=1S/C51H32N4O/c1-3-19-47-42(17-1)43-18-2-4-20-48(43)55(47)41-16-8-13-37(30-41)36-12-7-15-40(29-36)51-53-26-23-46(54-51)39-14-6-11-35(28-39)33-9-5-10-34(27-33)38-21-22-49-44(31-38)45-32-52-25-24-50(45)56-49/h1-32H. The van der Waals surface area contributed by atoms with Crippen molar-refractivity contribution >= 4 is 43.7 Å². The maximum absolute atomic E-state index is 6.04. The summed E-state index contributed by atoms with van der Waals surface area (Å²) in [5.74, 6) is 0.688. The zero-order valence-electron chi connectivity index (χ0n) is 30.2. The normalized spacial score (nSPS) is 11.6. The topological polar surface area (TPSA) is 56.7 Å². The summed E-state index contributed by atoms with van der Waals surface area (Å²) in [7, 11) is 0. The van der Waals surface area contributed by atoms with Crippen LogP contribution in [-0.4, -0.2) is 19.5 Å². The van der Waals surface area contributed by atoms with Crippen LogP contribution in [-0.2, 0) is 0 Å². The molecule has 0 aliphatic rings. The van der Waals surface area contributed by atoms with Gasteiger partial charge >= 0.3 is 0 Å². The molecule has 0 N–H and O–H groups in total. The summed E-state index contributed by atoms with van der Waals surface area (Å²) in [4.78, 5) is 14.1. The molecule has 4 heterocycles. The van der Waals surface area contributed by atoms with Gasteiger partial charge in [-0.2, -0.15) is 0 Å². The van der Waals surface area contributed by atoms with Gasteiger partial charge in [-0.1, -0.05) is 109 Å². The van der Waals surface area contributed by atoms with Crippen molar-refractivity contribution in [2.45, 2.75) is 0 Å². The van der Waals surface area contributed by atoms with Gasteiger partial charge in [0.15, 0.2) is 5.82 Å². The number of furan rings is 1. The molecule has 0 aliphatic heterocycles. The lowest BCUT2D eigenvalue weighted by molar-refractivity contribution is 0.668. The van der Waals surface area contributed by atoms with E-state index in [-0.39, 0.29) is 0 Å². The Balaban J connectivity index is 0.907. The summed E-state index contributed by atoms with van der Waals surface area (Å²) >= 11 is 0. The zero-order chi connectivity index (χ0) is 37.0. The second kappa shape index (κ2) is 13.0. The number of hydrogen-bond acceptors (Lipinski definition) is 4. The molecule has 0 amide bonds. The number of benzene rings is 7. The van der Waals surface area contributed by atoms with Gasteiger partial charge in [-0.15, -0.1) is 0 Å². The van der Waals surface area contributed by atoms with Gasteiger partial charge in [0.2, 0.25) is 0 Å². The van der Waals surface area contributed by atoms with Gasteiger partial charge in [-0.3, -0.25) is 4.98 Å². The summed E-state index contributed by atoms with van der Waals surface area (Å²) in [6.45, 7) is 0. The van der Waals surface area contributed by atoms with Crippen molar-refractivity contribution in [3.05, 3.63) is 195 Å². The maximum atomic E-state index is 6.04. The van der Waals surface area contributed by atoms with E-state index in [1.165, 1.54) is 21.8 Å². The first-order chi connectivity index (χ1) is 27.7. The smallest absolute Gasteiger partial charge is 0.159 e. The van der Waals surface area contributed by atoms with E-state index in [4.69, 9.17) is 14.4 Å². The predicted octanol–water partition coefficient (Wildman–Crippen LogP) is 13.2. The molecule has 0 bridgehead atoms. The van der Waals surface area contributed by atoms with Crippen molar-refractivity contribution in [2.24, 2.45) is 0 Å². The van der Waals surface area contributed by atoms with Gasteiger partial charge in [0.05, 0.1) is 16.7 Å². The van der Waals surface area contributed by atoms with Crippen molar-refractivity contribution in [3.8, 4) is 61.7 Å². The maximum Gasteiger partial charge on any atom is 0.159 e. The molecule has 11 rings (SSSR count). The number of fused-ring (bicyclic) bond motifs is 6. The highest BCUT2D eigenvalue weighted by molar-refractivity contribution is 6.09. The summed E-state index contributed by atoms with van der Waals surface area (Å²) in [6.07, 6.45) is 5.48. The van der Waals surface area contributed by atoms with E-state index >= 15 is 0 Å². The van der Waals surface area contributed by atoms with Crippen LogP contribution in [0.3, 0.4) is 0 Å². The third kappa shape index (κ3) is 5.45. The molecule has 262 valence electrons. The first kappa shape index (κ1) is 31.9. The Kier molecular flexibility index (Phi) is 7.42. The number of nitrogens with zero attached hydrogens (tertiary/aromatic N) is 4. The summed E-state index contributed by atoms with van der Waals surface area (Å²) < 4.78 is 8.40. The lowest BCUT2D eigenvalue weighted by Crippen LogP contribution is -1.94. The lowest BCUT2D eigenvalue weighted by atomic mass is 9.96. The summed E-state index contributed by atoms with van der Waals surface area (Å²) in [5.41, 5.74) is 14.9. The lowest BCUT2D eigenvalue weighted by Gasteiger charge is -2.11. The van der Waals surface area contributed by atoms with Gasteiger partial charge in [0, 0.05) is 56.9 Å². The molecular formula is C51H32N4O. The minimum atomic E-state index is 0.688. The first-order valence-electron chi connectivity index (χ1n) is 18.7. The average molecular weight is 717 g/mol. The fourth-order valence-corrected chi connectivity index (χ4v) is 8.06. The van der Waals surface area contributed by atoms with Crippen molar-refractivity contribution in [1.82, 2.24) is 19.5 Å². The van der Waals surface area contributed by atoms with Gasteiger partial charge in [-0.05, 0) is 100 Å². The number of hydrogen-bond donors (Lipinski definition) is 0. The zero-order valence-corrected chi connectivity index (χ0v) is 30.2. The Morgan fingerprint density at radius 1 is 0.393 bits per heavy atom. The third-order valence-corrected chi connectivity index (χ3v) is 10.8. The monoisotopic (exact) mass is 716 g/mol. The average Bonchev–Trinajstić information content (AvgIpc) is 3.82. The van der Waals surface area contributed by atoms with Crippen LogP contribution in [0.5, 0.6) is 0 Å². The van der Waals surface area contributed by atoms with Crippen LogP contribution in [0.25, 0.3) is 105 Å². The number of aromatic nitrogens is 4. The van der Waals surface area contributed by atoms with E-state index in [0.717, 1.165) is 77.8 Å². The minimum Gasteiger partial charge on any atom is -0.456 e. The van der Waals surface area contributed by atoms with Crippen LogP contribution in [0, 0.1) is 0 Å². The highest BCUT2D eigenvalue weighted by atomic mass is 16.3. The Hall–Kier alpha value is -7.63. The molecule has 4 aromatic heterocycles. The summed E-state index contributed by atoms with van der Waals surface area (Å²) in [5, 5.41) is 4.59. The van der Waals surface area contributed by atoms with Gasteiger partial charge in [0.25, 0.3) is 0 Å². The van der Waals surface area contributed by atoms with Crippen molar-refractivity contribution < 1.29 is 4.42 Å². The second-order valence-corrected chi connectivity index (χ2v) is 14.1. The number of pyridine rings is 1. The molecule has 0 spiro atoms. The van der Waals surface area contributed by atoms with Crippen LogP contribution in [0.2, 0.25) is 0 Å². The Morgan fingerprint density at radius 2 is 0.964 bits per heavy atom. The Labute approximate surface area is 322 Å². The fraction of sp³-hybridized carbons (Fsp3) is 0. The van der Waals surface area contributed by atoms with Crippen LogP contribution in [0.15, 0.2) is 199 Å². The van der Waals surface area contributed by atoms with E-state index in [1.807, 2.05) is 30.6 Å². The van der Waals surface area contributed by atoms with Crippen molar-refractivity contribution in [3.63, 3.8) is 0 Å².